The van der Waals surface area contributed by atoms with Gasteiger partial charge in [-0.2, -0.15) is 0 Å². The molecular formula is C15H25N3O4. The van der Waals surface area contributed by atoms with Crippen molar-refractivity contribution < 1.29 is 19.8 Å². The second-order valence-electron chi connectivity index (χ2n) is 4.55. The SMILES string of the molecule is C1CNCCN1.CCN.Cc1ccc(C(=O)O)cc1C(=O)O. The molecule has 0 spiro atoms. The molecule has 0 amide bonds. The monoisotopic (exact) mass is 311 g/mol. The highest BCUT2D eigenvalue weighted by molar-refractivity contribution is 5.94. The van der Waals surface area contributed by atoms with E-state index < -0.39 is 11.9 Å². The molecule has 1 aliphatic rings. The largest absolute Gasteiger partial charge is 0.478 e. The zero-order valence-electron chi connectivity index (χ0n) is 13.1. The van der Waals surface area contributed by atoms with Gasteiger partial charge in [-0.3, -0.25) is 0 Å². The Morgan fingerprint density at radius 3 is 1.86 bits per heavy atom. The second-order valence-corrected chi connectivity index (χ2v) is 4.55. The topological polar surface area (TPSA) is 125 Å². The average Bonchev–Trinajstić information content (AvgIpc) is 2.50. The molecule has 7 nitrogen and oxygen atoms in total. The second kappa shape index (κ2) is 11.7. The van der Waals surface area contributed by atoms with E-state index >= 15 is 0 Å². The van der Waals surface area contributed by atoms with E-state index in [1.54, 1.807) is 6.92 Å². The lowest BCUT2D eigenvalue weighted by molar-refractivity contribution is 0.0695. The van der Waals surface area contributed by atoms with Crippen molar-refractivity contribution in [3.63, 3.8) is 0 Å². The van der Waals surface area contributed by atoms with Crippen LogP contribution in [0.25, 0.3) is 0 Å². The van der Waals surface area contributed by atoms with Crippen molar-refractivity contribution in [2.75, 3.05) is 32.7 Å². The van der Waals surface area contributed by atoms with Gasteiger partial charge in [-0.25, -0.2) is 9.59 Å². The summed E-state index contributed by atoms with van der Waals surface area (Å²) in [5.41, 5.74) is 5.42. The van der Waals surface area contributed by atoms with Gasteiger partial charge in [0.15, 0.2) is 0 Å². The van der Waals surface area contributed by atoms with Crippen LogP contribution in [-0.2, 0) is 0 Å². The lowest BCUT2D eigenvalue weighted by Gasteiger charge is -2.11. The summed E-state index contributed by atoms with van der Waals surface area (Å²) < 4.78 is 0. The number of aromatic carboxylic acids is 2. The summed E-state index contributed by atoms with van der Waals surface area (Å²) in [6.45, 7) is 8.83. The highest BCUT2D eigenvalue weighted by Crippen LogP contribution is 2.11. The molecular weight excluding hydrogens is 286 g/mol. The molecule has 1 aromatic rings. The Hall–Kier alpha value is -1.96. The zero-order valence-corrected chi connectivity index (χ0v) is 13.1. The van der Waals surface area contributed by atoms with Crippen molar-refractivity contribution in [1.82, 2.24) is 10.6 Å². The van der Waals surface area contributed by atoms with Gasteiger partial charge >= 0.3 is 11.9 Å². The van der Waals surface area contributed by atoms with Crippen molar-refractivity contribution >= 4 is 11.9 Å². The van der Waals surface area contributed by atoms with E-state index in [4.69, 9.17) is 15.9 Å². The van der Waals surface area contributed by atoms with Gasteiger partial charge in [0.05, 0.1) is 11.1 Å². The lowest BCUT2D eigenvalue weighted by Crippen LogP contribution is -2.39. The number of nitrogens with one attached hydrogen (secondary N) is 2. The standard InChI is InChI=1S/C9H8O4.C4H10N2.C2H7N/c1-5-2-3-6(8(10)11)4-7(5)9(12)13;1-2-6-4-3-5-1;1-2-3/h2-4H,1H3,(H,10,11)(H,12,13);5-6H,1-4H2;2-3H2,1H3. The predicted molar refractivity (Wildman–Crippen MR) is 85.6 cm³/mol. The summed E-state index contributed by atoms with van der Waals surface area (Å²) in [6.07, 6.45) is 0. The van der Waals surface area contributed by atoms with Crippen LogP contribution in [0, 0.1) is 6.92 Å². The maximum Gasteiger partial charge on any atom is 0.335 e. The Morgan fingerprint density at radius 2 is 1.55 bits per heavy atom. The zero-order chi connectivity index (χ0) is 17.0. The fraction of sp³-hybridized carbons (Fsp3) is 0.467. The van der Waals surface area contributed by atoms with Crippen molar-refractivity contribution in [3.05, 3.63) is 34.9 Å². The Kier molecular flexibility index (Phi) is 10.6. The van der Waals surface area contributed by atoms with Crippen LogP contribution in [0.5, 0.6) is 0 Å². The van der Waals surface area contributed by atoms with Gasteiger partial charge < -0.3 is 26.6 Å². The van der Waals surface area contributed by atoms with Crippen LogP contribution < -0.4 is 16.4 Å². The number of carboxylic acids is 2. The minimum Gasteiger partial charge on any atom is -0.478 e. The maximum absolute atomic E-state index is 10.6. The molecule has 0 bridgehead atoms. The van der Waals surface area contributed by atoms with Crippen LogP contribution in [0.2, 0.25) is 0 Å². The molecule has 1 fully saturated rings. The van der Waals surface area contributed by atoms with E-state index in [9.17, 15) is 9.59 Å². The highest BCUT2D eigenvalue weighted by Gasteiger charge is 2.10. The van der Waals surface area contributed by atoms with E-state index in [0.717, 1.165) is 38.8 Å². The molecule has 124 valence electrons. The summed E-state index contributed by atoms with van der Waals surface area (Å²) in [4.78, 5) is 21.1. The molecule has 0 radical (unpaired) electrons. The predicted octanol–water partition coefficient (Wildman–Crippen LogP) is 0.536. The number of hydrogen-bond donors (Lipinski definition) is 5. The molecule has 22 heavy (non-hydrogen) atoms. The first kappa shape index (κ1) is 20.0. The molecule has 0 aromatic heterocycles. The number of nitrogens with two attached hydrogens (primary N) is 1. The molecule has 0 saturated carbocycles. The third-order valence-electron chi connectivity index (χ3n) is 2.67. The van der Waals surface area contributed by atoms with Crippen LogP contribution in [0.3, 0.4) is 0 Å². The van der Waals surface area contributed by atoms with Gasteiger partial charge in [-0.15, -0.1) is 0 Å². The van der Waals surface area contributed by atoms with Gasteiger partial charge in [-0.1, -0.05) is 13.0 Å². The quantitative estimate of drug-likeness (QED) is 0.539. The van der Waals surface area contributed by atoms with Gasteiger partial charge in [0.1, 0.15) is 0 Å². The lowest BCUT2D eigenvalue weighted by atomic mass is 10.1. The fourth-order valence-electron chi connectivity index (χ4n) is 1.59. The molecule has 2 rings (SSSR count). The first-order valence-electron chi connectivity index (χ1n) is 7.12. The third-order valence-corrected chi connectivity index (χ3v) is 2.67. The van der Waals surface area contributed by atoms with Crippen molar-refractivity contribution in [2.45, 2.75) is 13.8 Å². The van der Waals surface area contributed by atoms with E-state index in [1.165, 1.54) is 12.1 Å². The van der Waals surface area contributed by atoms with Gasteiger partial charge in [0.25, 0.3) is 0 Å². The van der Waals surface area contributed by atoms with Crippen LogP contribution in [0.15, 0.2) is 18.2 Å². The molecule has 0 aliphatic carbocycles. The molecule has 1 aromatic carbocycles. The fourth-order valence-corrected chi connectivity index (χ4v) is 1.59. The first-order valence-corrected chi connectivity index (χ1v) is 7.12. The van der Waals surface area contributed by atoms with Gasteiger partial charge in [0.2, 0.25) is 0 Å². The Balaban J connectivity index is 0.000000404. The molecule has 0 unspecified atom stereocenters. The van der Waals surface area contributed by atoms with Gasteiger partial charge in [-0.05, 0) is 31.2 Å². The molecule has 1 heterocycles. The summed E-state index contributed by atoms with van der Waals surface area (Å²) in [7, 11) is 0. The van der Waals surface area contributed by atoms with Crippen molar-refractivity contribution in [3.8, 4) is 0 Å². The van der Waals surface area contributed by atoms with Gasteiger partial charge in [0, 0.05) is 26.2 Å². The third kappa shape index (κ3) is 8.35. The summed E-state index contributed by atoms with van der Waals surface area (Å²) in [5.74, 6) is -2.23. The van der Waals surface area contributed by atoms with Crippen molar-refractivity contribution in [2.24, 2.45) is 5.73 Å². The minimum absolute atomic E-state index is 0.0111. The number of carbonyl (C=O) groups is 2. The smallest absolute Gasteiger partial charge is 0.335 e. The van der Waals surface area contributed by atoms with E-state index in [1.807, 2.05) is 6.92 Å². The van der Waals surface area contributed by atoms with Crippen molar-refractivity contribution in [1.29, 1.82) is 0 Å². The number of rotatable bonds is 2. The molecule has 1 aliphatic heterocycles. The molecule has 1 saturated heterocycles. The first-order chi connectivity index (χ1) is 10.4. The Morgan fingerprint density at radius 1 is 1.09 bits per heavy atom. The maximum atomic E-state index is 10.6. The van der Waals surface area contributed by atoms with Crippen LogP contribution >= 0.6 is 0 Å². The normalized spacial score (nSPS) is 13.0. The number of carboxylic acid groups (broad SMARTS) is 2. The number of benzene rings is 1. The number of hydrogen-bond acceptors (Lipinski definition) is 5. The van der Waals surface area contributed by atoms with E-state index in [0.29, 0.717) is 5.56 Å². The molecule has 6 N–H and O–H groups in total. The molecule has 7 heteroatoms. The summed E-state index contributed by atoms with van der Waals surface area (Å²) >= 11 is 0. The average molecular weight is 311 g/mol. The molecule has 0 atom stereocenters. The summed E-state index contributed by atoms with van der Waals surface area (Å²) in [5, 5.41) is 23.7. The Labute approximate surface area is 130 Å². The number of aryl methyl sites for hydroxylation is 1. The number of piperazine rings is 1. The van der Waals surface area contributed by atoms with Crippen LogP contribution in [0.1, 0.15) is 33.2 Å². The summed E-state index contributed by atoms with van der Waals surface area (Å²) in [6, 6.07) is 4.01. The van der Waals surface area contributed by atoms with E-state index in [2.05, 4.69) is 10.6 Å². The van der Waals surface area contributed by atoms with Crippen LogP contribution in [0.4, 0.5) is 0 Å². The minimum atomic E-state index is -1.12. The van der Waals surface area contributed by atoms with Crippen LogP contribution in [-0.4, -0.2) is 54.9 Å². The Bertz CT molecular complexity index is 462. The van der Waals surface area contributed by atoms with E-state index in [-0.39, 0.29) is 11.1 Å². The highest BCUT2D eigenvalue weighted by atomic mass is 16.4.